The molecule has 7 heteroatoms. The summed E-state index contributed by atoms with van der Waals surface area (Å²) in [7, 11) is 0. The Kier molecular flexibility index (Phi) is 3.61. The second-order valence-electron chi connectivity index (χ2n) is 5.63. The van der Waals surface area contributed by atoms with E-state index in [9.17, 15) is 4.39 Å². The summed E-state index contributed by atoms with van der Waals surface area (Å²) in [6, 6.07) is 6.13. The molecule has 3 heterocycles. The Bertz CT molecular complexity index is 840. The standard InChI is InChI=1S/C16H15ClFN5/c17-16-20-14(22-8-2-1-3-9-22)13-10-19-23(15(13)21-16)12-6-4-11(18)5-7-12/h4-7,10H,1-3,8-9H2. The molecule has 23 heavy (non-hydrogen) atoms. The van der Waals surface area contributed by atoms with E-state index in [4.69, 9.17) is 11.6 Å². The van der Waals surface area contributed by atoms with E-state index in [1.165, 1.54) is 18.6 Å². The summed E-state index contributed by atoms with van der Waals surface area (Å²) in [6.07, 6.45) is 5.29. The summed E-state index contributed by atoms with van der Waals surface area (Å²) in [5.41, 5.74) is 1.37. The lowest BCUT2D eigenvalue weighted by atomic mass is 10.1. The van der Waals surface area contributed by atoms with Gasteiger partial charge in [0.05, 0.1) is 17.3 Å². The van der Waals surface area contributed by atoms with Crippen LogP contribution in [0.25, 0.3) is 16.7 Å². The molecule has 2 aromatic heterocycles. The van der Waals surface area contributed by atoms with Crippen molar-refractivity contribution in [2.24, 2.45) is 0 Å². The first-order valence-electron chi connectivity index (χ1n) is 7.64. The summed E-state index contributed by atoms with van der Waals surface area (Å²) in [4.78, 5) is 11.0. The van der Waals surface area contributed by atoms with Gasteiger partial charge in [-0.25, -0.2) is 9.07 Å². The SMILES string of the molecule is Fc1ccc(-n2ncc3c(N4CCCCC4)nc(Cl)nc32)cc1. The number of piperidine rings is 1. The molecule has 1 aromatic carbocycles. The number of nitrogens with zero attached hydrogens (tertiary/aromatic N) is 5. The minimum atomic E-state index is -0.285. The fourth-order valence-corrected chi connectivity index (χ4v) is 3.15. The molecule has 4 rings (SSSR count). The van der Waals surface area contributed by atoms with Gasteiger partial charge in [0.2, 0.25) is 5.28 Å². The average Bonchev–Trinajstić information content (AvgIpc) is 2.99. The van der Waals surface area contributed by atoms with Crippen molar-refractivity contribution in [1.29, 1.82) is 0 Å². The second kappa shape index (κ2) is 5.77. The molecule has 5 nitrogen and oxygen atoms in total. The van der Waals surface area contributed by atoms with Crippen LogP contribution < -0.4 is 4.90 Å². The van der Waals surface area contributed by atoms with Gasteiger partial charge >= 0.3 is 0 Å². The van der Waals surface area contributed by atoms with Gasteiger partial charge in [-0.15, -0.1) is 0 Å². The monoisotopic (exact) mass is 331 g/mol. The molecule has 0 amide bonds. The minimum absolute atomic E-state index is 0.196. The van der Waals surface area contributed by atoms with E-state index in [2.05, 4.69) is 20.0 Å². The molecule has 1 fully saturated rings. The lowest BCUT2D eigenvalue weighted by Crippen LogP contribution is -2.30. The third-order valence-corrected chi connectivity index (χ3v) is 4.28. The lowest BCUT2D eigenvalue weighted by Gasteiger charge is -2.28. The molecule has 1 aliphatic rings. The molecular weight excluding hydrogens is 317 g/mol. The molecule has 3 aromatic rings. The summed E-state index contributed by atoms with van der Waals surface area (Å²) in [5, 5.41) is 5.46. The van der Waals surface area contributed by atoms with Gasteiger partial charge < -0.3 is 4.90 Å². The molecular formula is C16H15ClFN5. The fraction of sp³-hybridized carbons (Fsp3) is 0.312. The third kappa shape index (κ3) is 2.63. The van der Waals surface area contributed by atoms with E-state index < -0.39 is 0 Å². The van der Waals surface area contributed by atoms with E-state index in [1.807, 2.05) is 0 Å². The second-order valence-corrected chi connectivity index (χ2v) is 5.97. The zero-order valence-corrected chi connectivity index (χ0v) is 13.2. The number of benzene rings is 1. The number of rotatable bonds is 2. The summed E-state index contributed by atoms with van der Waals surface area (Å²) >= 11 is 6.13. The molecule has 1 aliphatic heterocycles. The maximum Gasteiger partial charge on any atom is 0.226 e. The number of hydrogen-bond acceptors (Lipinski definition) is 4. The number of aromatic nitrogens is 4. The highest BCUT2D eigenvalue weighted by atomic mass is 35.5. The Morgan fingerprint density at radius 1 is 1.00 bits per heavy atom. The molecule has 0 aliphatic carbocycles. The van der Waals surface area contributed by atoms with Gasteiger partial charge in [0, 0.05) is 13.1 Å². The predicted molar refractivity (Wildman–Crippen MR) is 87.7 cm³/mol. The maximum absolute atomic E-state index is 13.1. The van der Waals surface area contributed by atoms with E-state index >= 15 is 0 Å². The Morgan fingerprint density at radius 2 is 1.74 bits per heavy atom. The summed E-state index contributed by atoms with van der Waals surface area (Å²) < 4.78 is 14.8. The Labute approximate surface area is 137 Å². The first-order chi connectivity index (χ1) is 11.2. The van der Waals surface area contributed by atoms with E-state index in [0.717, 1.165) is 42.8 Å². The van der Waals surface area contributed by atoms with Crippen LogP contribution in [-0.2, 0) is 0 Å². The normalized spacial score (nSPS) is 15.3. The van der Waals surface area contributed by atoms with Crippen LogP contribution in [0.4, 0.5) is 10.2 Å². The molecule has 0 unspecified atom stereocenters. The molecule has 0 radical (unpaired) electrons. The largest absolute Gasteiger partial charge is 0.356 e. The van der Waals surface area contributed by atoms with Crippen molar-refractivity contribution in [3.05, 3.63) is 41.6 Å². The molecule has 0 bridgehead atoms. The lowest BCUT2D eigenvalue weighted by molar-refractivity contribution is 0.574. The Hall–Kier alpha value is -2.21. The van der Waals surface area contributed by atoms with Crippen LogP contribution in [0.1, 0.15) is 19.3 Å². The molecule has 0 N–H and O–H groups in total. The van der Waals surface area contributed by atoms with Crippen molar-refractivity contribution < 1.29 is 4.39 Å². The minimum Gasteiger partial charge on any atom is -0.356 e. The number of fused-ring (bicyclic) bond motifs is 1. The van der Waals surface area contributed by atoms with Crippen molar-refractivity contribution in [3.63, 3.8) is 0 Å². The third-order valence-electron chi connectivity index (χ3n) is 4.11. The predicted octanol–water partition coefficient (Wildman–Crippen LogP) is 3.60. The van der Waals surface area contributed by atoms with Crippen molar-refractivity contribution in [2.75, 3.05) is 18.0 Å². The van der Waals surface area contributed by atoms with Crippen molar-refractivity contribution in [3.8, 4) is 5.69 Å². The number of hydrogen-bond donors (Lipinski definition) is 0. The topological polar surface area (TPSA) is 46.8 Å². The summed E-state index contributed by atoms with van der Waals surface area (Å²) in [5.74, 6) is 0.542. The van der Waals surface area contributed by atoms with Gasteiger partial charge in [-0.3, -0.25) is 0 Å². The van der Waals surface area contributed by atoms with Gasteiger partial charge in [0.1, 0.15) is 11.6 Å². The van der Waals surface area contributed by atoms with Gasteiger partial charge in [-0.2, -0.15) is 15.1 Å². The smallest absolute Gasteiger partial charge is 0.226 e. The van der Waals surface area contributed by atoms with Gasteiger partial charge in [0.15, 0.2) is 5.65 Å². The van der Waals surface area contributed by atoms with Crippen LogP contribution in [0.15, 0.2) is 30.5 Å². The van der Waals surface area contributed by atoms with Crippen LogP contribution in [0.5, 0.6) is 0 Å². The molecule has 1 saturated heterocycles. The van der Waals surface area contributed by atoms with E-state index in [-0.39, 0.29) is 11.1 Å². The molecule has 0 spiro atoms. The first-order valence-corrected chi connectivity index (χ1v) is 8.02. The average molecular weight is 332 g/mol. The zero-order chi connectivity index (χ0) is 15.8. The highest BCUT2D eigenvalue weighted by Gasteiger charge is 2.19. The van der Waals surface area contributed by atoms with Crippen molar-refractivity contribution >= 4 is 28.5 Å². The van der Waals surface area contributed by atoms with Crippen LogP contribution >= 0.6 is 11.6 Å². The van der Waals surface area contributed by atoms with Crippen LogP contribution in [0, 0.1) is 5.82 Å². The summed E-state index contributed by atoms with van der Waals surface area (Å²) in [6.45, 7) is 1.92. The highest BCUT2D eigenvalue weighted by Crippen LogP contribution is 2.28. The van der Waals surface area contributed by atoms with Crippen molar-refractivity contribution in [2.45, 2.75) is 19.3 Å². The zero-order valence-electron chi connectivity index (χ0n) is 12.4. The Balaban J connectivity index is 1.85. The first kappa shape index (κ1) is 14.4. The number of halogens is 2. The highest BCUT2D eigenvalue weighted by molar-refractivity contribution is 6.28. The van der Waals surface area contributed by atoms with Crippen molar-refractivity contribution in [1.82, 2.24) is 19.7 Å². The molecule has 0 saturated carbocycles. The van der Waals surface area contributed by atoms with E-state index in [0.29, 0.717) is 5.65 Å². The van der Waals surface area contributed by atoms with Crippen LogP contribution in [0.3, 0.4) is 0 Å². The fourth-order valence-electron chi connectivity index (χ4n) is 2.99. The van der Waals surface area contributed by atoms with Crippen LogP contribution in [-0.4, -0.2) is 32.8 Å². The van der Waals surface area contributed by atoms with Gasteiger partial charge in [-0.05, 0) is 55.1 Å². The quantitative estimate of drug-likeness (QED) is 0.673. The maximum atomic E-state index is 13.1. The Morgan fingerprint density at radius 3 is 2.48 bits per heavy atom. The van der Waals surface area contributed by atoms with Gasteiger partial charge in [0.25, 0.3) is 0 Å². The van der Waals surface area contributed by atoms with Crippen LogP contribution in [0.2, 0.25) is 5.28 Å². The number of anilines is 1. The van der Waals surface area contributed by atoms with Gasteiger partial charge in [-0.1, -0.05) is 0 Å². The molecule has 118 valence electrons. The van der Waals surface area contributed by atoms with E-state index in [1.54, 1.807) is 23.0 Å². The molecule has 0 atom stereocenters.